The smallest absolute Gasteiger partial charge is 0.312 e. The van der Waals surface area contributed by atoms with E-state index >= 15 is 0 Å². The van der Waals surface area contributed by atoms with E-state index in [1.165, 1.54) is 0 Å². The standard InChI is InChI=1S/C17H24N4O5/c1-25-14-5-3-2-4-13(14)20-8-10-21(11-9-20)15(22)12-26-16(23)6-7-19-17(18)24/h2-5H,6-12H2,1H3,(H3,18,19,24). The Morgan fingerprint density at radius 3 is 2.50 bits per heavy atom. The Hall–Kier alpha value is -2.97. The average molecular weight is 364 g/mol. The third-order valence-corrected chi connectivity index (χ3v) is 4.04. The second-order valence-corrected chi connectivity index (χ2v) is 5.74. The zero-order valence-electron chi connectivity index (χ0n) is 14.8. The van der Waals surface area contributed by atoms with Crippen LogP contribution in [-0.4, -0.2) is 69.2 Å². The molecule has 1 aliphatic rings. The highest BCUT2D eigenvalue weighted by molar-refractivity contribution is 5.81. The zero-order valence-corrected chi connectivity index (χ0v) is 14.8. The molecule has 1 saturated heterocycles. The van der Waals surface area contributed by atoms with Crippen LogP contribution < -0.4 is 20.7 Å². The van der Waals surface area contributed by atoms with Crippen molar-refractivity contribution < 1.29 is 23.9 Å². The second-order valence-electron chi connectivity index (χ2n) is 5.74. The van der Waals surface area contributed by atoms with E-state index in [-0.39, 0.29) is 25.5 Å². The number of rotatable bonds is 7. The van der Waals surface area contributed by atoms with Crippen molar-refractivity contribution in [3.63, 3.8) is 0 Å². The summed E-state index contributed by atoms with van der Waals surface area (Å²) in [4.78, 5) is 38.0. The van der Waals surface area contributed by atoms with Crippen LogP contribution in [0.4, 0.5) is 10.5 Å². The predicted molar refractivity (Wildman–Crippen MR) is 94.9 cm³/mol. The molecule has 142 valence electrons. The number of nitrogens with two attached hydrogens (primary N) is 1. The van der Waals surface area contributed by atoms with Gasteiger partial charge in [-0.1, -0.05) is 12.1 Å². The Kier molecular flexibility index (Phi) is 7.07. The molecule has 0 saturated carbocycles. The SMILES string of the molecule is COc1ccccc1N1CCN(C(=O)COC(=O)CCNC(N)=O)CC1. The number of amides is 3. The van der Waals surface area contributed by atoms with Crippen molar-refractivity contribution in [3.8, 4) is 5.75 Å². The molecule has 9 nitrogen and oxygen atoms in total. The number of nitrogens with one attached hydrogen (secondary N) is 1. The molecule has 0 bridgehead atoms. The topological polar surface area (TPSA) is 114 Å². The van der Waals surface area contributed by atoms with Gasteiger partial charge in [0, 0.05) is 32.7 Å². The molecule has 1 aromatic carbocycles. The number of hydrogen-bond donors (Lipinski definition) is 2. The van der Waals surface area contributed by atoms with Crippen LogP contribution in [0.15, 0.2) is 24.3 Å². The summed E-state index contributed by atoms with van der Waals surface area (Å²) < 4.78 is 10.3. The van der Waals surface area contributed by atoms with Gasteiger partial charge < -0.3 is 30.3 Å². The van der Waals surface area contributed by atoms with Crippen molar-refractivity contribution in [2.45, 2.75) is 6.42 Å². The number of piperazine rings is 1. The number of benzene rings is 1. The molecule has 2 rings (SSSR count). The number of nitrogens with zero attached hydrogens (tertiary/aromatic N) is 2. The number of carbonyl (C=O) groups is 3. The maximum Gasteiger partial charge on any atom is 0.312 e. The minimum atomic E-state index is -0.707. The number of esters is 1. The van der Waals surface area contributed by atoms with E-state index in [1.807, 2.05) is 24.3 Å². The van der Waals surface area contributed by atoms with Crippen molar-refractivity contribution in [2.75, 3.05) is 51.3 Å². The van der Waals surface area contributed by atoms with Gasteiger partial charge in [-0.25, -0.2) is 4.79 Å². The minimum absolute atomic E-state index is 0.0300. The molecule has 9 heteroatoms. The van der Waals surface area contributed by atoms with E-state index in [4.69, 9.17) is 15.2 Å². The zero-order chi connectivity index (χ0) is 18.9. The summed E-state index contributed by atoms with van der Waals surface area (Å²) in [7, 11) is 1.63. The number of methoxy groups -OCH3 is 1. The molecule has 1 fully saturated rings. The predicted octanol–water partition coefficient (Wildman–Crippen LogP) is -0.0546. The molecule has 0 atom stereocenters. The highest BCUT2D eigenvalue weighted by Gasteiger charge is 2.23. The number of hydrogen-bond acceptors (Lipinski definition) is 6. The molecule has 0 aliphatic carbocycles. The molecular formula is C17H24N4O5. The molecular weight excluding hydrogens is 340 g/mol. The minimum Gasteiger partial charge on any atom is -0.495 e. The monoisotopic (exact) mass is 364 g/mol. The van der Waals surface area contributed by atoms with Gasteiger partial charge in [0.2, 0.25) is 0 Å². The summed E-state index contributed by atoms with van der Waals surface area (Å²) in [6.07, 6.45) is -0.0300. The normalized spacial score (nSPS) is 13.9. The lowest BCUT2D eigenvalue weighted by atomic mass is 10.2. The first-order valence-electron chi connectivity index (χ1n) is 8.36. The number of primary amides is 1. The van der Waals surface area contributed by atoms with Crippen LogP contribution in [0, 0.1) is 0 Å². The molecule has 3 amide bonds. The summed E-state index contributed by atoms with van der Waals surface area (Å²) in [6.45, 7) is 2.20. The molecule has 0 unspecified atom stereocenters. The van der Waals surface area contributed by atoms with E-state index in [0.29, 0.717) is 26.2 Å². The number of ether oxygens (including phenoxy) is 2. The number of urea groups is 1. The average Bonchev–Trinajstić information content (AvgIpc) is 2.66. The van der Waals surface area contributed by atoms with E-state index in [1.54, 1.807) is 12.0 Å². The quantitative estimate of drug-likeness (QED) is 0.656. The van der Waals surface area contributed by atoms with Crippen LogP contribution in [0.3, 0.4) is 0 Å². The molecule has 3 N–H and O–H groups in total. The van der Waals surface area contributed by atoms with E-state index in [2.05, 4.69) is 10.2 Å². The number of carbonyl (C=O) groups excluding carboxylic acids is 3. The van der Waals surface area contributed by atoms with Crippen molar-refractivity contribution in [1.82, 2.24) is 10.2 Å². The Bertz CT molecular complexity index is 644. The fraction of sp³-hybridized carbons (Fsp3) is 0.471. The van der Waals surface area contributed by atoms with Gasteiger partial charge in [0.15, 0.2) is 6.61 Å². The summed E-state index contributed by atoms with van der Waals surface area (Å²) >= 11 is 0. The van der Waals surface area contributed by atoms with Gasteiger partial charge in [-0.3, -0.25) is 9.59 Å². The third-order valence-electron chi connectivity index (χ3n) is 4.04. The van der Waals surface area contributed by atoms with Gasteiger partial charge in [0.05, 0.1) is 19.2 Å². The van der Waals surface area contributed by atoms with E-state index in [0.717, 1.165) is 11.4 Å². The van der Waals surface area contributed by atoms with Gasteiger partial charge in [0.1, 0.15) is 5.75 Å². The lowest BCUT2D eigenvalue weighted by molar-refractivity contribution is -0.152. The Morgan fingerprint density at radius 1 is 1.15 bits per heavy atom. The van der Waals surface area contributed by atoms with Crippen LogP contribution in [0.5, 0.6) is 5.75 Å². The molecule has 1 heterocycles. The van der Waals surface area contributed by atoms with Gasteiger partial charge in [0.25, 0.3) is 5.91 Å². The van der Waals surface area contributed by atoms with Crippen LogP contribution >= 0.6 is 0 Å². The summed E-state index contributed by atoms with van der Waals surface area (Å²) in [5.74, 6) is 0.00595. The second kappa shape index (κ2) is 9.50. The third kappa shape index (κ3) is 5.54. The van der Waals surface area contributed by atoms with Crippen molar-refractivity contribution >= 4 is 23.6 Å². The summed E-state index contributed by atoms with van der Waals surface area (Å²) in [5.41, 5.74) is 5.89. The number of anilines is 1. The first-order valence-corrected chi connectivity index (χ1v) is 8.36. The van der Waals surface area contributed by atoms with Gasteiger partial charge in [-0.05, 0) is 12.1 Å². The van der Waals surface area contributed by atoms with Crippen LogP contribution in [0.25, 0.3) is 0 Å². The number of para-hydroxylation sites is 2. The van der Waals surface area contributed by atoms with Gasteiger partial charge in [-0.2, -0.15) is 0 Å². The van der Waals surface area contributed by atoms with Crippen LogP contribution in [-0.2, 0) is 14.3 Å². The maximum absolute atomic E-state index is 12.2. The lowest BCUT2D eigenvalue weighted by Gasteiger charge is -2.36. The fourth-order valence-corrected chi connectivity index (χ4v) is 2.68. The summed E-state index contributed by atoms with van der Waals surface area (Å²) in [5, 5.41) is 2.28. The van der Waals surface area contributed by atoms with Gasteiger partial charge in [-0.15, -0.1) is 0 Å². The molecule has 1 aromatic rings. The van der Waals surface area contributed by atoms with Crippen molar-refractivity contribution in [2.24, 2.45) is 5.73 Å². The molecule has 1 aliphatic heterocycles. The Balaban J connectivity index is 1.74. The van der Waals surface area contributed by atoms with Gasteiger partial charge >= 0.3 is 12.0 Å². The largest absolute Gasteiger partial charge is 0.495 e. The maximum atomic E-state index is 12.2. The molecule has 0 radical (unpaired) electrons. The van der Waals surface area contributed by atoms with Crippen molar-refractivity contribution in [3.05, 3.63) is 24.3 Å². The molecule has 0 spiro atoms. The van der Waals surface area contributed by atoms with Crippen molar-refractivity contribution in [1.29, 1.82) is 0 Å². The first kappa shape index (κ1) is 19.4. The van der Waals surface area contributed by atoms with Crippen LogP contribution in [0.2, 0.25) is 0 Å². The Labute approximate surface area is 152 Å². The highest BCUT2D eigenvalue weighted by Crippen LogP contribution is 2.28. The van der Waals surface area contributed by atoms with E-state index in [9.17, 15) is 14.4 Å². The van der Waals surface area contributed by atoms with Crippen LogP contribution in [0.1, 0.15) is 6.42 Å². The highest BCUT2D eigenvalue weighted by atomic mass is 16.5. The van der Waals surface area contributed by atoms with E-state index < -0.39 is 12.0 Å². The fourth-order valence-electron chi connectivity index (χ4n) is 2.68. The Morgan fingerprint density at radius 2 is 1.85 bits per heavy atom. The first-order chi connectivity index (χ1) is 12.5. The lowest BCUT2D eigenvalue weighted by Crippen LogP contribution is -2.50. The summed E-state index contributed by atoms with van der Waals surface area (Å²) in [6, 6.07) is 7.04. The molecule has 26 heavy (non-hydrogen) atoms. The molecule has 0 aromatic heterocycles.